The molecule has 5 heteroatoms. The van der Waals surface area contributed by atoms with Gasteiger partial charge in [0.1, 0.15) is 17.6 Å². The number of amidine groups is 1. The SMILES string of the molecule is CC1CCC(Oc2nccc(C(=N)N)n2)CC1. The summed E-state index contributed by atoms with van der Waals surface area (Å²) >= 11 is 0. The normalized spacial score (nSPS) is 24.3. The molecule has 0 amide bonds. The molecule has 1 saturated carbocycles. The maximum Gasteiger partial charge on any atom is 0.317 e. The van der Waals surface area contributed by atoms with E-state index in [1.807, 2.05) is 0 Å². The maximum atomic E-state index is 7.31. The first-order valence-electron chi connectivity index (χ1n) is 5.99. The van der Waals surface area contributed by atoms with Crippen molar-refractivity contribution in [3.8, 4) is 6.01 Å². The van der Waals surface area contributed by atoms with Crippen molar-refractivity contribution in [1.82, 2.24) is 9.97 Å². The van der Waals surface area contributed by atoms with Crippen LogP contribution >= 0.6 is 0 Å². The van der Waals surface area contributed by atoms with E-state index >= 15 is 0 Å². The number of nitrogens with one attached hydrogen (secondary N) is 1. The van der Waals surface area contributed by atoms with Gasteiger partial charge in [-0.2, -0.15) is 4.98 Å². The van der Waals surface area contributed by atoms with Crippen LogP contribution in [0.2, 0.25) is 0 Å². The van der Waals surface area contributed by atoms with Crippen LogP contribution in [0.3, 0.4) is 0 Å². The standard InChI is InChI=1S/C12H18N4O/c1-8-2-4-9(5-3-8)17-12-15-7-6-10(16-12)11(13)14/h6-9H,2-5H2,1H3,(H3,13,14). The molecule has 1 aliphatic rings. The lowest BCUT2D eigenvalue weighted by Crippen LogP contribution is -2.24. The van der Waals surface area contributed by atoms with E-state index in [9.17, 15) is 0 Å². The van der Waals surface area contributed by atoms with E-state index in [0.29, 0.717) is 11.7 Å². The highest BCUT2D eigenvalue weighted by Gasteiger charge is 2.20. The zero-order valence-corrected chi connectivity index (χ0v) is 10.0. The van der Waals surface area contributed by atoms with Crippen molar-refractivity contribution in [3.63, 3.8) is 0 Å². The molecule has 1 heterocycles. The highest BCUT2D eigenvalue weighted by atomic mass is 16.5. The monoisotopic (exact) mass is 234 g/mol. The third-order valence-corrected chi connectivity index (χ3v) is 3.14. The molecule has 1 aromatic rings. The fourth-order valence-corrected chi connectivity index (χ4v) is 2.04. The van der Waals surface area contributed by atoms with E-state index in [4.69, 9.17) is 15.9 Å². The molecule has 2 rings (SSSR count). The van der Waals surface area contributed by atoms with Gasteiger partial charge < -0.3 is 10.5 Å². The number of rotatable bonds is 3. The van der Waals surface area contributed by atoms with Crippen LogP contribution in [0.1, 0.15) is 38.3 Å². The average Bonchev–Trinajstić information content (AvgIpc) is 2.32. The van der Waals surface area contributed by atoms with E-state index in [0.717, 1.165) is 18.8 Å². The van der Waals surface area contributed by atoms with Crippen LogP contribution in [0.15, 0.2) is 12.3 Å². The van der Waals surface area contributed by atoms with Gasteiger partial charge in [-0.15, -0.1) is 0 Å². The minimum Gasteiger partial charge on any atom is -0.460 e. The number of aromatic nitrogens is 2. The van der Waals surface area contributed by atoms with Gasteiger partial charge in [-0.3, -0.25) is 5.41 Å². The minimum atomic E-state index is -0.0606. The Morgan fingerprint density at radius 2 is 2.12 bits per heavy atom. The summed E-state index contributed by atoms with van der Waals surface area (Å²) in [7, 11) is 0. The fourth-order valence-electron chi connectivity index (χ4n) is 2.04. The number of nitrogens with two attached hydrogens (primary N) is 1. The van der Waals surface area contributed by atoms with Gasteiger partial charge in [0.05, 0.1) is 0 Å². The summed E-state index contributed by atoms with van der Waals surface area (Å²) in [6.07, 6.45) is 6.26. The molecule has 1 fully saturated rings. The van der Waals surface area contributed by atoms with Crippen LogP contribution in [-0.2, 0) is 0 Å². The van der Waals surface area contributed by atoms with Crippen LogP contribution in [0.5, 0.6) is 6.01 Å². The molecule has 0 aliphatic heterocycles. The minimum absolute atomic E-state index is 0.0606. The number of ether oxygens (including phenoxy) is 1. The van der Waals surface area contributed by atoms with Crippen molar-refractivity contribution < 1.29 is 4.74 Å². The van der Waals surface area contributed by atoms with Gasteiger partial charge in [0, 0.05) is 6.20 Å². The van der Waals surface area contributed by atoms with Crippen molar-refractivity contribution >= 4 is 5.84 Å². The summed E-state index contributed by atoms with van der Waals surface area (Å²) in [6, 6.07) is 1.94. The van der Waals surface area contributed by atoms with Crippen molar-refractivity contribution in [2.24, 2.45) is 11.7 Å². The Labute approximate surface area is 101 Å². The van der Waals surface area contributed by atoms with Gasteiger partial charge in [0.25, 0.3) is 0 Å². The van der Waals surface area contributed by atoms with Gasteiger partial charge in [0.2, 0.25) is 0 Å². The highest BCUT2D eigenvalue weighted by Crippen LogP contribution is 2.25. The summed E-state index contributed by atoms with van der Waals surface area (Å²) in [6.45, 7) is 2.27. The molecule has 3 N–H and O–H groups in total. The molecule has 0 spiro atoms. The second kappa shape index (κ2) is 5.12. The largest absolute Gasteiger partial charge is 0.460 e. The second-order valence-corrected chi connectivity index (χ2v) is 4.64. The first-order chi connectivity index (χ1) is 8.15. The molecule has 0 bridgehead atoms. The van der Waals surface area contributed by atoms with E-state index < -0.39 is 0 Å². The molecule has 0 saturated heterocycles. The van der Waals surface area contributed by atoms with Gasteiger partial charge in [-0.1, -0.05) is 6.92 Å². The Bertz CT molecular complexity index is 399. The maximum absolute atomic E-state index is 7.31. The average molecular weight is 234 g/mol. The molecular weight excluding hydrogens is 216 g/mol. The first kappa shape index (κ1) is 11.8. The molecule has 5 nitrogen and oxygen atoms in total. The Morgan fingerprint density at radius 1 is 1.41 bits per heavy atom. The van der Waals surface area contributed by atoms with Crippen LogP contribution in [0.4, 0.5) is 0 Å². The van der Waals surface area contributed by atoms with Gasteiger partial charge in [-0.25, -0.2) is 4.98 Å². The van der Waals surface area contributed by atoms with Crippen molar-refractivity contribution in [2.45, 2.75) is 38.7 Å². The molecule has 0 unspecified atom stereocenters. The third kappa shape index (κ3) is 3.15. The quantitative estimate of drug-likeness (QED) is 0.616. The highest BCUT2D eigenvalue weighted by molar-refractivity contribution is 5.92. The number of nitrogen functional groups attached to an aromatic ring is 1. The van der Waals surface area contributed by atoms with Crippen molar-refractivity contribution in [3.05, 3.63) is 18.0 Å². The Kier molecular flexibility index (Phi) is 3.56. The molecule has 0 aromatic carbocycles. The molecule has 92 valence electrons. The Morgan fingerprint density at radius 3 is 2.76 bits per heavy atom. The summed E-state index contributed by atoms with van der Waals surface area (Å²) in [4.78, 5) is 8.15. The predicted molar refractivity (Wildman–Crippen MR) is 65.1 cm³/mol. The lowest BCUT2D eigenvalue weighted by atomic mass is 9.89. The van der Waals surface area contributed by atoms with Crippen LogP contribution in [0, 0.1) is 11.3 Å². The van der Waals surface area contributed by atoms with Crippen molar-refractivity contribution in [2.75, 3.05) is 0 Å². The summed E-state index contributed by atoms with van der Waals surface area (Å²) in [5, 5.41) is 7.31. The van der Waals surface area contributed by atoms with E-state index in [1.165, 1.54) is 12.8 Å². The molecule has 0 atom stereocenters. The summed E-state index contributed by atoms with van der Waals surface area (Å²) in [5.74, 6) is 0.730. The van der Waals surface area contributed by atoms with E-state index in [-0.39, 0.29) is 11.9 Å². The van der Waals surface area contributed by atoms with Crippen LogP contribution < -0.4 is 10.5 Å². The van der Waals surface area contributed by atoms with Gasteiger partial charge >= 0.3 is 6.01 Å². The second-order valence-electron chi connectivity index (χ2n) is 4.64. The van der Waals surface area contributed by atoms with Crippen LogP contribution in [-0.4, -0.2) is 21.9 Å². The lowest BCUT2D eigenvalue weighted by molar-refractivity contribution is 0.124. The van der Waals surface area contributed by atoms with E-state index in [2.05, 4.69) is 16.9 Å². The lowest BCUT2D eigenvalue weighted by Gasteiger charge is -2.25. The van der Waals surface area contributed by atoms with Crippen molar-refractivity contribution in [1.29, 1.82) is 5.41 Å². The zero-order valence-electron chi connectivity index (χ0n) is 10.0. The Hall–Kier alpha value is -1.65. The summed E-state index contributed by atoms with van der Waals surface area (Å²) in [5.41, 5.74) is 5.79. The molecule has 17 heavy (non-hydrogen) atoms. The fraction of sp³-hybridized carbons (Fsp3) is 0.583. The summed E-state index contributed by atoms with van der Waals surface area (Å²) < 4.78 is 5.72. The zero-order chi connectivity index (χ0) is 12.3. The predicted octanol–water partition coefficient (Wildman–Crippen LogP) is 1.72. The number of hydrogen-bond donors (Lipinski definition) is 2. The molecular formula is C12H18N4O. The Balaban J connectivity index is 1.98. The van der Waals surface area contributed by atoms with Gasteiger partial charge in [0.15, 0.2) is 0 Å². The van der Waals surface area contributed by atoms with E-state index in [1.54, 1.807) is 12.3 Å². The smallest absolute Gasteiger partial charge is 0.317 e. The topological polar surface area (TPSA) is 84.9 Å². The number of hydrogen-bond acceptors (Lipinski definition) is 4. The van der Waals surface area contributed by atoms with Gasteiger partial charge in [-0.05, 0) is 37.7 Å². The molecule has 1 aliphatic carbocycles. The van der Waals surface area contributed by atoms with Crippen LogP contribution in [0.25, 0.3) is 0 Å². The number of nitrogens with zero attached hydrogens (tertiary/aromatic N) is 2. The third-order valence-electron chi connectivity index (χ3n) is 3.14. The molecule has 0 radical (unpaired) electrons. The first-order valence-corrected chi connectivity index (χ1v) is 5.99. The molecule has 1 aromatic heterocycles.